The normalized spacial score (nSPS) is 10.8. The Bertz CT molecular complexity index is 381. The molecule has 1 rings (SSSR count). The Morgan fingerprint density at radius 2 is 1.80 bits per heavy atom. The molecular formula is C16H25BrN2O. The summed E-state index contributed by atoms with van der Waals surface area (Å²) in [5.41, 5.74) is 1.19. The molecule has 0 radical (unpaired) electrons. The SMILES string of the molecule is CN(C)CCN(Cc1ccccc1)C(=O)CCCCBr. The second-order valence-corrected chi connectivity index (χ2v) is 6.04. The number of likely N-dealkylation sites (N-methyl/N-ethyl adjacent to an activating group) is 1. The Balaban J connectivity index is 2.57. The molecule has 1 aromatic carbocycles. The summed E-state index contributed by atoms with van der Waals surface area (Å²) in [5, 5.41) is 0.969. The van der Waals surface area contributed by atoms with Gasteiger partial charge in [0, 0.05) is 31.4 Å². The van der Waals surface area contributed by atoms with Crippen molar-refractivity contribution in [2.45, 2.75) is 25.8 Å². The van der Waals surface area contributed by atoms with Crippen LogP contribution in [0.2, 0.25) is 0 Å². The zero-order valence-corrected chi connectivity index (χ0v) is 14.1. The minimum atomic E-state index is 0.261. The number of rotatable bonds is 9. The van der Waals surface area contributed by atoms with E-state index in [0.29, 0.717) is 13.0 Å². The Labute approximate surface area is 131 Å². The van der Waals surface area contributed by atoms with Crippen molar-refractivity contribution in [2.75, 3.05) is 32.5 Å². The van der Waals surface area contributed by atoms with E-state index >= 15 is 0 Å². The van der Waals surface area contributed by atoms with Crippen LogP contribution in [0.4, 0.5) is 0 Å². The standard InChI is InChI=1S/C16H25BrN2O/c1-18(2)12-13-19(16(20)10-6-7-11-17)14-15-8-4-3-5-9-15/h3-5,8-9H,6-7,10-14H2,1-2H3. The van der Waals surface area contributed by atoms with E-state index in [9.17, 15) is 4.79 Å². The molecule has 0 aliphatic heterocycles. The highest BCUT2D eigenvalue weighted by molar-refractivity contribution is 9.09. The highest BCUT2D eigenvalue weighted by Gasteiger charge is 2.13. The van der Waals surface area contributed by atoms with Gasteiger partial charge in [-0.1, -0.05) is 46.3 Å². The molecule has 1 amide bonds. The molecule has 0 aliphatic carbocycles. The molecule has 0 bridgehead atoms. The molecule has 3 nitrogen and oxygen atoms in total. The number of benzene rings is 1. The van der Waals surface area contributed by atoms with E-state index in [1.54, 1.807) is 0 Å². The van der Waals surface area contributed by atoms with E-state index in [-0.39, 0.29) is 5.91 Å². The minimum Gasteiger partial charge on any atom is -0.337 e. The summed E-state index contributed by atoms with van der Waals surface area (Å²) in [6, 6.07) is 10.2. The molecule has 0 spiro atoms. The Morgan fingerprint density at radius 1 is 1.10 bits per heavy atom. The largest absolute Gasteiger partial charge is 0.337 e. The summed E-state index contributed by atoms with van der Waals surface area (Å²) in [6.45, 7) is 2.40. The fraction of sp³-hybridized carbons (Fsp3) is 0.562. The number of alkyl halides is 1. The number of carbonyl (C=O) groups excluding carboxylic acids is 1. The molecule has 112 valence electrons. The third-order valence-electron chi connectivity index (χ3n) is 3.16. The summed E-state index contributed by atoms with van der Waals surface area (Å²) in [7, 11) is 4.08. The van der Waals surface area contributed by atoms with Crippen LogP contribution in [-0.4, -0.2) is 48.2 Å². The number of hydrogen-bond donors (Lipinski definition) is 0. The van der Waals surface area contributed by atoms with E-state index in [4.69, 9.17) is 0 Å². The van der Waals surface area contributed by atoms with E-state index < -0.39 is 0 Å². The van der Waals surface area contributed by atoms with Crippen molar-refractivity contribution in [3.63, 3.8) is 0 Å². The first-order valence-corrected chi connectivity index (χ1v) is 8.28. The Morgan fingerprint density at radius 3 is 2.40 bits per heavy atom. The maximum absolute atomic E-state index is 12.3. The average molecular weight is 341 g/mol. The van der Waals surface area contributed by atoms with Crippen LogP contribution >= 0.6 is 15.9 Å². The number of amides is 1. The molecular weight excluding hydrogens is 316 g/mol. The zero-order chi connectivity index (χ0) is 14.8. The summed E-state index contributed by atoms with van der Waals surface area (Å²) in [6.07, 6.45) is 2.65. The van der Waals surface area contributed by atoms with E-state index in [0.717, 1.165) is 31.3 Å². The van der Waals surface area contributed by atoms with Gasteiger partial charge in [-0.3, -0.25) is 4.79 Å². The Hall–Kier alpha value is -0.870. The fourth-order valence-electron chi connectivity index (χ4n) is 1.95. The van der Waals surface area contributed by atoms with Crippen molar-refractivity contribution in [1.82, 2.24) is 9.80 Å². The van der Waals surface area contributed by atoms with Crippen LogP contribution in [0, 0.1) is 0 Å². The fourth-order valence-corrected chi connectivity index (χ4v) is 2.34. The lowest BCUT2D eigenvalue weighted by Crippen LogP contribution is -2.36. The molecule has 0 aliphatic rings. The van der Waals surface area contributed by atoms with Crippen LogP contribution in [-0.2, 0) is 11.3 Å². The Kier molecular flexibility index (Phi) is 8.54. The third kappa shape index (κ3) is 7.06. The molecule has 0 heterocycles. The van der Waals surface area contributed by atoms with Gasteiger partial charge in [0.2, 0.25) is 5.91 Å². The summed E-state index contributed by atoms with van der Waals surface area (Å²) >= 11 is 3.41. The van der Waals surface area contributed by atoms with Gasteiger partial charge in [0.1, 0.15) is 0 Å². The highest BCUT2D eigenvalue weighted by Crippen LogP contribution is 2.08. The number of nitrogens with zero attached hydrogens (tertiary/aromatic N) is 2. The van der Waals surface area contributed by atoms with Gasteiger partial charge in [-0.2, -0.15) is 0 Å². The van der Waals surface area contributed by atoms with Gasteiger partial charge in [-0.25, -0.2) is 0 Å². The highest BCUT2D eigenvalue weighted by atomic mass is 79.9. The minimum absolute atomic E-state index is 0.261. The predicted octanol–water partition coefficient (Wildman–Crippen LogP) is 3.14. The quantitative estimate of drug-likeness (QED) is 0.509. The van der Waals surface area contributed by atoms with Crippen molar-refractivity contribution in [3.8, 4) is 0 Å². The van der Waals surface area contributed by atoms with Gasteiger partial charge in [-0.05, 0) is 32.5 Å². The second kappa shape index (κ2) is 9.94. The topological polar surface area (TPSA) is 23.6 Å². The van der Waals surface area contributed by atoms with Crippen molar-refractivity contribution in [1.29, 1.82) is 0 Å². The van der Waals surface area contributed by atoms with Crippen LogP contribution < -0.4 is 0 Å². The van der Waals surface area contributed by atoms with Crippen molar-refractivity contribution < 1.29 is 4.79 Å². The van der Waals surface area contributed by atoms with E-state index in [2.05, 4.69) is 33.0 Å². The van der Waals surface area contributed by atoms with Crippen LogP contribution in [0.3, 0.4) is 0 Å². The smallest absolute Gasteiger partial charge is 0.222 e. The van der Waals surface area contributed by atoms with Crippen LogP contribution in [0.1, 0.15) is 24.8 Å². The van der Waals surface area contributed by atoms with Crippen molar-refractivity contribution in [3.05, 3.63) is 35.9 Å². The van der Waals surface area contributed by atoms with E-state index in [1.807, 2.05) is 37.2 Å². The number of carbonyl (C=O) groups is 1. The maximum atomic E-state index is 12.3. The number of unbranched alkanes of at least 4 members (excludes halogenated alkanes) is 1. The maximum Gasteiger partial charge on any atom is 0.222 e. The van der Waals surface area contributed by atoms with Crippen LogP contribution in [0.25, 0.3) is 0 Å². The lowest BCUT2D eigenvalue weighted by atomic mass is 10.2. The molecule has 0 saturated carbocycles. The third-order valence-corrected chi connectivity index (χ3v) is 3.72. The van der Waals surface area contributed by atoms with Crippen LogP contribution in [0.15, 0.2) is 30.3 Å². The van der Waals surface area contributed by atoms with Gasteiger partial charge in [0.15, 0.2) is 0 Å². The molecule has 0 N–H and O–H groups in total. The number of halogens is 1. The summed E-state index contributed by atoms with van der Waals surface area (Å²) in [4.78, 5) is 16.4. The molecule has 0 unspecified atom stereocenters. The molecule has 20 heavy (non-hydrogen) atoms. The first-order chi connectivity index (χ1) is 9.63. The van der Waals surface area contributed by atoms with Gasteiger partial charge in [0.05, 0.1) is 0 Å². The lowest BCUT2D eigenvalue weighted by Gasteiger charge is -2.24. The van der Waals surface area contributed by atoms with Gasteiger partial charge in [0.25, 0.3) is 0 Å². The van der Waals surface area contributed by atoms with Crippen molar-refractivity contribution in [2.24, 2.45) is 0 Å². The number of hydrogen-bond acceptors (Lipinski definition) is 2. The predicted molar refractivity (Wildman–Crippen MR) is 88.1 cm³/mol. The molecule has 0 saturated heterocycles. The summed E-state index contributed by atoms with van der Waals surface area (Å²) in [5.74, 6) is 0.261. The van der Waals surface area contributed by atoms with E-state index in [1.165, 1.54) is 5.56 Å². The van der Waals surface area contributed by atoms with Crippen LogP contribution in [0.5, 0.6) is 0 Å². The first-order valence-electron chi connectivity index (χ1n) is 7.16. The molecule has 4 heteroatoms. The first kappa shape index (κ1) is 17.2. The monoisotopic (exact) mass is 340 g/mol. The van der Waals surface area contributed by atoms with Gasteiger partial charge in [-0.15, -0.1) is 0 Å². The lowest BCUT2D eigenvalue weighted by molar-refractivity contribution is -0.132. The average Bonchev–Trinajstić information content (AvgIpc) is 2.44. The molecule has 0 aromatic heterocycles. The zero-order valence-electron chi connectivity index (χ0n) is 12.5. The summed E-state index contributed by atoms with van der Waals surface area (Å²) < 4.78 is 0. The second-order valence-electron chi connectivity index (χ2n) is 5.25. The van der Waals surface area contributed by atoms with Crippen molar-refractivity contribution >= 4 is 21.8 Å². The molecule has 0 fully saturated rings. The molecule has 0 atom stereocenters. The van der Waals surface area contributed by atoms with Gasteiger partial charge >= 0.3 is 0 Å². The van der Waals surface area contributed by atoms with Gasteiger partial charge < -0.3 is 9.80 Å². The molecule has 1 aromatic rings.